The number of hydrogen-bond donors (Lipinski definition) is 2. The fourth-order valence-corrected chi connectivity index (χ4v) is 1.33. The smallest absolute Gasteiger partial charge is 0.0813 e. The van der Waals surface area contributed by atoms with E-state index in [2.05, 4.69) is 12.6 Å². The van der Waals surface area contributed by atoms with E-state index in [4.69, 9.17) is 0 Å². The van der Waals surface area contributed by atoms with Crippen molar-refractivity contribution in [3.8, 4) is 0 Å². The predicted octanol–water partition coefficient (Wildman–Crippen LogP) is 2.66. The Labute approximate surface area is 78.8 Å². The molecule has 66 valence electrons. The van der Waals surface area contributed by atoms with Crippen LogP contribution < -0.4 is 0 Å². The molecule has 0 heterocycles. The van der Waals surface area contributed by atoms with E-state index in [1.54, 1.807) is 0 Å². The average Bonchev–Trinajstić information content (AvgIpc) is 2.03. The highest BCUT2D eigenvalue weighted by molar-refractivity contribution is 7.80. The largest absolute Gasteiger partial charge is 0.388 e. The lowest BCUT2D eigenvalue weighted by Crippen LogP contribution is -2.04. The summed E-state index contributed by atoms with van der Waals surface area (Å²) in [5, 5.41) is 9.69. The molecule has 0 fully saturated rings. The van der Waals surface area contributed by atoms with Gasteiger partial charge in [0.15, 0.2) is 0 Å². The molecule has 1 nitrogen and oxygen atoms in total. The summed E-state index contributed by atoms with van der Waals surface area (Å²) < 4.78 is 0. The van der Waals surface area contributed by atoms with Crippen molar-refractivity contribution in [2.45, 2.75) is 24.8 Å². The molecule has 0 aliphatic heterocycles. The van der Waals surface area contributed by atoms with Crippen LogP contribution in [0.15, 0.2) is 29.2 Å². The Morgan fingerprint density at radius 3 is 2.50 bits per heavy atom. The molecule has 1 aromatic rings. The molecule has 1 aromatic carbocycles. The van der Waals surface area contributed by atoms with Crippen LogP contribution in [0.5, 0.6) is 0 Å². The van der Waals surface area contributed by atoms with Crippen molar-refractivity contribution in [1.29, 1.82) is 0 Å². The third-order valence-electron chi connectivity index (χ3n) is 1.84. The van der Waals surface area contributed by atoms with Crippen LogP contribution in [0.3, 0.4) is 0 Å². The van der Waals surface area contributed by atoms with E-state index in [-0.39, 0.29) is 12.0 Å². The van der Waals surface area contributed by atoms with E-state index in [9.17, 15) is 5.11 Å². The monoisotopic (exact) mass is 182 g/mol. The van der Waals surface area contributed by atoms with E-state index in [0.29, 0.717) is 0 Å². The molecule has 0 saturated heterocycles. The molecule has 1 N–H and O–H groups in total. The van der Waals surface area contributed by atoms with E-state index >= 15 is 0 Å². The number of rotatable bonds is 2. The molecule has 0 radical (unpaired) electrons. The number of benzene rings is 1. The van der Waals surface area contributed by atoms with Crippen molar-refractivity contribution in [2.24, 2.45) is 5.92 Å². The van der Waals surface area contributed by atoms with Gasteiger partial charge in [0.1, 0.15) is 0 Å². The van der Waals surface area contributed by atoms with E-state index in [1.807, 2.05) is 38.1 Å². The van der Waals surface area contributed by atoms with Crippen LogP contribution in [0.25, 0.3) is 0 Å². The molecule has 0 saturated carbocycles. The summed E-state index contributed by atoms with van der Waals surface area (Å²) in [6.07, 6.45) is -0.378. The van der Waals surface area contributed by atoms with Gasteiger partial charge in [0.05, 0.1) is 6.10 Å². The summed E-state index contributed by atoms with van der Waals surface area (Å²) in [7, 11) is 0. The van der Waals surface area contributed by atoms with Gasteiger partial charge in [-0.3, -0.25) is 0 Å². The zero-order chi connectivity index (χ0) is 9.14. The number of hydrogen-bond acceptors (Lipinski definition) is 2. The van der Waals surface area contributed by atoms with Crippen molar-refractivity contribution in [3.63, 3.8) is 0 Å². The first-order valence-electron chi connectivity index (χ1n) is 4.08. The minimum absolute atomic E-state index is 0.250. The molecule has 0 amide bonds. The zero-order valence-corrected chi connectivity index (χ0v) is 8.25. The van der Waals surface area contributed by atoms with Gasteiger partial charge in [0, 0.05) is 4.90 Å². The van der Waals surface area contributed by atoms with Crippen LogP contribution in [0, 0.1) is 5.92 Å². The minimum atomic E-state index is -0.378. The SMILES string of the molecule is CC(C)C(O)c1cccc(S)c1. The van der Waals surface area contributed by atoms with Gasteiger partial charge in [-0.25, -0.2) is 0 Å². The van der Waals surface area contributed by atoms with Gasteiger partial charge < -0.3 is 5.11 Å². The maximum absolute atomic E-state index is 9.69. The average molecular weight is 182 g/mol. The summed E-state index contributed by atoms with van der Waals surface area (Å²) >= 11 is 4.21. The Morgan fingerprint density at radius 1 is 1.33 bits per heavy atom. The third-order valence-corrected chi connectivity index (χ3v) is 2.12. The minimum Gasteiger partial charge on any atom is -0.388 e. The summed E-state index contributed by atoms with van der Waals surface area (Å²) in [4.78, 5) is 0.896. The van der Waals surface area contributed by atoms with Gasteiger partial charge in [0.2, 0.25) is 0 Å². The zero-order valence-electron chi connectivity index (χ0n) is 7.36. The van der Waals surface area contributed by atoms with Crippen molar-refractivity contribution in [1.82, 2.24) is 0 Å². The molecular formula is C10H14OS. The first-order chi connectivity index (χ1) is 5.61. The lowest BCUT2D eigenvalue weighted by Gasteiger charge is -2.14. The molecule has 1 atom stereocenters. The van der Waals surface area contributed by atoms with Crippen molar-refractivity contribution in [3.05, 3.63) is 29.8 Å². The van der Waals surface area contributed by atoms with Gasteiger partial charge in [0.25, 0.3) is 0 Å². The predicted molar refractivity (Wildman–Crippen MR) is 53.5 cm³/mol. The Morgan fingerprint density at radius 2 is 2.00 bits per heavy atom. The Bertz CT molecular complexity index is 258. The standard InChI is InChI=1S/C10H14OS/c1-7(2)10(11)8-4-3-5-9(12)6-8/h3-7,10-12H,1-2H3. The molecule has 12 heavy (non-hydrogen) atoms. The fourth-order valence-electron chi connectivity index (χ4n) is 1.09. The summed E-state index contributed by atoms with van der Waals surface area (Å²) in [5.74, 6) is 0.250. The summed E-state index contributed by atoms with van der Waals surface area (Å²) in [6, 6.07) is 7.63. The fraction of sp³-hybridized carbons (Fsp3) is 0.400. The molecule has 0 aliphatic rings. The maximum Gasteiger partial charge on any atom is 0.0813 e. The van der Waals surface area contributed by atoms with Crippen LogP contribution in [0.1, 0.15) is 25.5 Å². The normalized spacial score (nSPS) is 13.4. The van der Waals surface area contributed by atoms with Gasteiger partial charge in [-0.05, 0) is 23.6 Å². The van der Waals surface area contributed by atoms with E-state index in [0.717, 1.165) is 10.5 Å². The first-order valence-corrected chi connectivity index (χ1v) is 4.53. The molecule has 2 heteroatoms. The Hall–Kier alpha value is -0.470. The van der Waals surface area contributed by atoms with Crippen molar-refractivity contribution in [2.75, 3.05) is 0 Å². The number of thiol groups is 1. The van der Waals surface area contributed by atoms with Gasteiger partial charge in [-0.2, -0.15) is 0 Å². The van der Waals surface area contributed by atoms with E-state index in [1.165, 1.54) is 0 Å². The lowest BCUT2D eigenvalue weighted by atomic mass is 9.99. The Kier molecular flexibility index (Phi) is 3.18. The van der Waals surface area contributed by atoms with Gasteiger partial charge in [-0.1, -0.05) is 26.0 Å². The van der Waals surface area contributed by atoms with Gasteiger partial charge >= 0.3 is 0 Å². The van der Waals surface area contributed by atoms with Crippen LogP contribution in [0.4, 0.5) is 0 Å². The maximum atomic E-state index is 9.69. The molecule has 0 spiro atoms. The molecule has 0 aliphatic carbocycles. The molecule has 1 rings (SSSR count). The second kappa shape index (κ2) is 3.97. The summed E-state index contributed by atoms with van der Waals surface area (Å²) in [5.41, 5.74) is 0.942. The van der Waals surface area contributed by atoms with E-state index < -0.39 is 0 Å². The number of aliphatic hydroxyl groups is 1. The highest BCUT2D eigenvalue weighted by Crippen LogP contribution is 2.22. The van der Waals surface area contributed by atoms with Crippen LogP contribution in [-0.2, 0) is 0 Å². The number of aliphatic hydroxyl groups excluding tert-OH is 1. The first kappa shape index (κ1) is 9.62. The van der Waals surface area contributed by atoms with Gasteiger partial charge in [-0.15, -0.1) is 12.6 Å². The second-order valence-electron chi connectivity index (χ2n) is 3.28. The quantitative estimate of drug-likeness (QED) is 0.674. The third kappa shape index (κ3) is 2.26. The van der Waals surface area contributed by atoms with Crippen LogP contribution >= 0.6 is 12.6 Å². The highest BCUT2D eigenvalue weighted by Gasteiger charge is 2.10. The van der Waals surface area contributed by atoms with Crippen molar-refractivity contribution < 1.29 is 5.11 Å². The topological polar surface area (TPSA) is 20.2 Å². The Balaban J connectivity index is 2.88. The molecule has 0 aromatic heterocycles. The summed E-state index contributed by atoms with van der Waals surface area (Å²) in [6.45, 7) is 3.99. The molecule has 1 unspecified atom stereocenters. The van der Waals surface area contributed by atoms with Crippen LogP contribution in [-0.4, -0.2) is 5.11 Å². The second-order valence-corrected chi connectivity index (χ2v) is 3.80. The van der Waals surface area contributed by atoms with Crippen LogP contribution in [0.2, 0.25) is 0 Å². The lowest BCUT2D eigenvalue weighted by molar-refractivity contribution is 0.126. The molecular weight excluding hydrogens is 168 g/mol. The molecule has 0 bridgehead atoms. The van der Waals surface area contributed by atoms with Crippen molar-refractivity contribution >= 4 is 12.6 Å². The highest BCUT2D eigenvalue weighted by atomic mass is 32.1.